The summed E-state index contributed by atoms with van der Waals surface area (Å²) in [4.78, 5) is 11.8. The molecule has 0 bridgehead atoms. The molecule has 1 fully saturated rings. The highest BCUT2D eigenvalue weighted by atomic mass is 16.5. The fraction of sp³-hybridized carbons (Fsp3) is 0.462. The predicted octanol–water partition coefficient (Wildman–Crippen LogP) is 1.98. The normalized spacial score (nSPS) is 21.7. The van der Waals surface area contributed by atoms with Crippen LogP contribution in [0.3, 0.4) is 0 Å². The van der Waals surface area contributed by atoms with Gasteiger partial charge in [-0.1, -0.05) is 18.2 Å². The fourth-order valence-electron chi connectivity index (χ4n) is 1.97. The van der Waals surface area contributed by atoms with E-state index in [4.69, 9.17) is 4.74 Å². The second-order valence-corrected chi connectivity index (χ2v) is 4.18. The summed E-state index contributed by atoms with van der Waals surface area (Å²) in [6.45, 7) is 2.81. The molecule has 86 valence electrons. The first kappa shape index (κ1) is 11.1. The van der Waals surface area contributed by atoms with Gasteiger partial charge in [0.15, 0.2) is 0 Å². The Morgan fingerprint density at radius 1 is 1.44 bits per heavy atom. The highest BCUT2D eigenvalue weighted by Gasteiger charge is 2.23. The molecule has 3 heteroatoms. The maximum Gasteiger partial charge on any atom is 0.251 e. The molecular formula is C13H17NO2. The van der Waals surface area contributed by atoms with E-state index in [1.165, 1.54) is 0 Å². The molecule has 0 spiro atoms. The van der Waals surface area contributed by atoms with Gasteiger partial charge in [-0.25, -0.2) is 0 Å². The van der Waals surface area contributed by atoms with E-state index in [1.807, 2.05) is 37.3 Å². The Bertz CT molecular complexity index is 344. The van der Waals surface area contributed by atoms with E-state index < -0.39 is 0 Å². The van der Waals surface area contributed by atoms with Gasteiger partial charge in [-0.3, -0.25) is 4.79 Å². The Morgan fingerprint density at radius 2 is 2.19 bits per heavy atom. The van der Waals surface area contributed by atoms with Crippen LogP contribution >= 0.6 is 0 Å². The molecule has 1 aliphatic rings. The second-order valence-electron chi connectivity index (χ2n) is 4.18. The fourth-order valence-corrected chi connectivity index (χ4v) is 1.97. The molecule has 3 nitrogen and oxygen atoms in total. The van der Waals surface area contributed by atoms with E-state index in [0.717, 1.165) is 19.4 Å². The zero-order valence-electron chi connectivity index (χ0n) is 9.48. The van der Waals surface area contributed by atoms with E-state index in [9.17, 15) is 4.79 Å². The zero-order valence-corrected chi connectivity index (χ0v) is 9.48. The molecule has 0 radical (unpaired) electrons. The van der Waals surface area contributed by atoms with Gasteiger partial charge in [-0.15, -0.1) is 0 Å². The maximum absolute atomic E-state index is 11.8. The van der Waals surface area contributed by atoms with Crippen LogP contribution in [0, 0.1) is 0 Å². The molecule has 0 unspecified atom stereocenters. The van der Waals surface area contributed by atoms with Crippen molar-refractivity contribution in [2.75, 3.05) is 6.61 Å². The number of ether oxygens (including phenoxy) is 1. The van der Waals surface area contributed by atoms with Crippen molar-refractivity contribution in [1.29, 1.82) is 0 Å². The Hall–Kier alpha value is -1.35. The summed E-state index contributed by atoms with van der Waals surface area (Å²) in [5.74, 6) is -0.0244. The first-order valence-electron chi connectivity index (χ1n) is 5.75. The number of nitrogens with one attached hydrogen (secondary N) is 1. The number of benzene rings is 1. The van der Waals surface area contributed by atoms with E-state index in [2.05, 4.69) is 5.32 Å². The molecule has 16 heavy (non-hydrogen) atoms. The van der Waals surface area contributed by atoms with E-state index >= 15 is 0 Å². The highest BCUT2D eigenvalue weighted by Crippen LogP contribution is 2.15. The lowest BCUT2D eigenvalue weighted by atomic mass is 10.1. The average molecular weight is 219 g/mol. The average Bonchev–Trinajstić information content (AvgIpc) is 2.83. The largest absolute Gasteiger partial charge is 0.376 e. The van der Waals surface area contributed by atoms with Gasteiger partial charge in [0.05, 0.1) is 12.1 Å². The number of hydrogen-bond acceptors (Lipinski definition) is 2. The number of carbonyl (C=O) groups is 1. The summed E-state index contributed by atoms with van der Waals surface area (Å²) >= 11 is 0. The standard InChI is InChI=1S/C13H17NO2/c1-10(12-8-5-9-16-12)14-13(15)11-6-3-2-4-7-11/h2-4,6-7,10,12H,5,8-9H2,1H3,(H,14,15)/t10-,12+/m1/s1. The van der Waals surface area contributed by atoms with Gasteiger partial charge >= 0.3 is 0 Å². The minimum absolute atomic E-state index is 0.0244. The van der Waals surface area contributed by atoms with Crippen molar-refractivity contribution < 1.29 is 9.53 Å². The molecular weight excluding hydrogens is 202 g/mol. The Kier molecular flexibility index (Phi) is 3.57. The molecule has 1 aromatic rings. The van der Waals surface area contributed by atoms with Crippen LogP contribution in [-0.4, -0.2) is 24.7 Å². The third-order valence-corrected chi connectivity index (χ3v) is 2.92. The molecule has 1 amide bonds. The Labute approximate surface area is 95.8 Å². The lowest BCUT2D eigenvalue weighted by Crippen LogP contribution is -2.40. The molecule has 0 saturated carbocycles. The number of carbonyl (C=O) groups excluding carboxylic acids is 1. The van der Waals surface area contributed by atoms with Crippen molar-refractivity contribution in [3.63, 3.8) is 0 Å². The van der Waals surface area contributed by atoms with Crippen molar-refractivity contribution in [2.45, 2.75) is 31.9 Å². The lowest BCUT2D eigenvalue weighted by Gasteiger charge is -2.19. The van der Waals surface area contributed by atoms with Crippen LogP contribution in [0.2, 0.25) is 0 Å². The van der Waals surface area contributed by atoms with E-state index in [-0.39, 0.29) is 18.1 Å². The van der Waals surface area contributed by atoms with Crippen molar-refractivity contribution in [2.24, 2.45) is 0 Å². The number of hydrogen-bond donors (Lipinski definition) is 1. The molecule has 0 aliphatic carbocycles. The minimum Gasteiger partial charge on any atom is -0.376 e. The highest BCUT2D eigenvalue weighted by molar-refractivity contribution is 5.94. The summed E-state index contributed by atoms with van der Waals surface area (Å²) in [6.07, 6.45) is 2.31. The van der Waals surface area contributed by atoms with Gasteiger partial charge in [0.1, 0.15) is 0 Å². The van der Waals surface area contributed by atoms with Crippen LogP contribution in [0.4, 0.5) is 0 Å². The number of rotatable bonds is 3. The van der Waals surface area contributed by atoms with Crippen LogP contribution in [-0.2, 0) is 4.74 Å². The molecule has 1 heterocycles. The van der Waals surface area contributed by atoms with E-state index in [0.29, 0.717) is 5.56 Å². The third-order valence-electron chi connectivity index (χ3n) is 2.92. The van der Waals surface area contributed by atoms with Gasteiger partial charge in [-0.2, -0.15) is 0 Å². The predicted molar refractivity (Wildman–Crippen MR) is 62.3 cm³/mol. The van der Waals surface area contributed by atoms with Crippen molar-refractivity contribution in [3.8, 4) is 0 Å². The van der Waals surface area contributed by atoms with Gasteiger partial charge in [0.25, 0.3) is 5.91 Å². The molecule has 1 saturated heterocycles. The summed E-state index contributed by atoms with van der Waals surface area (Å²) < 4.78 is 5.54. The first-order valence-corrected chi connectivity index (χ1v) is 5.75. The lowest BCUT2D eigenvalue weighted by molar-refractivity contribution is 0.0712. The topological polar surface area (TPSA) is 38.3 Å². The van der Waals surface area contributed by atoms with Crippen molar-refractivity contribution >= 4 is 5.91 Å². The molecule has 1 aromatic carbocycles. The van der Waals surface area contributed by atoms with Crippen LogP contribution in [0.5, 0.6) is 0 Å². The van der Waals surface area contributed by atoms with Gasteiger partial charge < -0.3 is 10.1 Å². The summed E-state index contributed by atoms with van der Waals surface area (Å²) in [5.41, 5.74) is 0.701. The maximum atomic E-state index is 11.8. The van der Waals surface area contributed by atoms with Crippen molar-refractivity contribution in [3.05, 3.63) is 35.9 Å². The smallest absolute Gasteiger partial charge is 0.251 e. The molecule has 2 atom stereocenters. The monoisotopic (exact) mass is 219 g/mol. The first-order chi connectivity index (χ1) is 7.77. The summed E-state index contributed by atoms with van der Waals surface area (Å²) in [6, 6.07) is 9.35. The summed E-state index contributed by atoms with van der Waals surface area (Å²) in [5, 5.41) is 2.97. The van der Waals surface area contributed by atoms with Crippen LogP contribution < -0.4 is 5.32 Å². The third kappa shape index (κ3) is 2.61. The molecule has 0 aromatic heterocycles. The Balaban J connectivity index is 1.92. The quantitative estimate of drug-likeness (QED) is 0.844. The van der Waals surface area contributed by atoms with Gasteiger partial charge in [0.2, 0.25) is 0 Å². The van der Waals surface area contributed by atoms with E-state index in [1.54, 1.807) is 0 Å². The SMILES string of the molecule is C[C@@H](NC(=O)c1ccccc1)[C@@H]1CCCO1. The second kappa shape index (κ2) is 5.12. The Morgan fingerprint density at radius 3 is 2.81 bits per heavy atom. The zero-order chi connectivity index (χ0) is 11.4. The number of amides is 1. The molecule has 1 N–H and O–H groups in total. The van der Waals surface area contributed by atoms with Crippen LogP contribution in [0.15, 0.2) is 30.3 Å². The minimum atomic E-state index is -0.0244. The summed E-state index contributed by atoms with van der Waals surface area (Å²) in [7, 11) is 0. The van der Waals surface area contributed by atoms with Crippen LogP contribution in [0.25, 0.3) is 0 Å². The van der Waals surface area contributed by atoms with Crippen molar-refractivity contribution in [1.82, 2.24) is 5.32 Å². The van der Waals surface area contributed by atoms with Gasteiger partial charge in [-0.05, 0) is 31.9 Å². The molecule has 2 rings (SSSR count). The van der Waals surface area contributed by atoms with Crippen LogP contribution in [0.1, 0.15) is 30.1 Å². The van der Waals surface area contributed by atoms with Gasteiger partial charge in [0, 0.05) is 12.2 Å². The molecule has 1 aliphatic heterocycles.